The molecule has 2 aliphatic rings. The van der Waals surface area contributed by atoms with Gasteiger partial charge in [-0.1, -0.05) is 13.3 Å². The molecule has 0 unspecified atom stereocenters. The maximum Gasteiger partial charge on any atom is 0.252 e. The third-order valence-electron chi connectivity index (χ3n) is 3.72. The van der Waals surface area contributed by atoms with Gasteiger partial charge in [0, 0.05) is 0 Å². The summed E-state index contributed by atoms with van der Waals surface area (Å²) in [5, 5.41) is 4.94. The summed E-state index contributed by atoms with van der Waals surface area (Å²) in [5.41, 5.74) is -0.148. The van der Waals surface area contributed by atoms with Crippen molar-refractivity contribution in [2.45, 2.75) is 39.0 Å². The monoisotopic (exact) mass is 226 g/mol. The summed E-state index contributed by atoms with van der Waals surface area (Å²) in [6.45, 7) is 5.55. The van der Waals surface area contributed by atoms with Crippen molar-refractivity contribution in [1.29, 1.82) is 0 Å². The van der Waals surface area contributed by atoms with Crippen molar-refractivity contribution in [3.8, 4) is 0 Å². The number of carbonyl (C=O) groups excluding carboxylic acids is 1. The minimum absolute atomic E-state index is 0.148. The highest BCUT2D eigenvalue weighted by Gasteiger charge is 2.42. The smallest absolute Gasteiger partial charge is 0.252 e. The maximum absolute atomic E-state index is 12.5. The normalized spacial score (nSPS) is 24.7. The van der Waals surface area contributed by atoms with Crippen LogP contribution >= 0.6 is 0 Å². The highest BCUT2D eigenvalue weighted by molar-refractivity contribution is 5.82. The second kappa shape index (κ2) is 5.15. The van der Waals surface area contributed by atoms with Crippen molar-refractivity contribution < 1.29 is 9.63 Å². The molecule has 2 aliphatic heterocycles. The molecule has 4 nitrogen and oxygen atoms in total. The van der Waals surface area contributed by atoms with Crippen LogP contribution in [0.15, 0.2) is 0 Å². The lowest BCUT2D eigenvalue weighted by Gasteiger charge is -2.38. The Morgan fingerprint density at radius 1 is 1.44 bits per heavy atom. The maximum atomic E-state index is 12.5. The van der Waals surface area contributed by atoms with Gasteiger partial charge in [0.15, 0.2) is 0 Å². The Hall–Kier alpha value is -0.610. The van der Waals surface area contributed by atoms with Crippen LogP contribution in [0, 0.1) is 5.41 Å². The van der Waals surface area contributed by atoms with Crippen LogP contribution < -0.4 is 5.32 Å². The molecule has 0 aromatic carbocycles. The van der Waals surface area contributed by atoms with Gasteiger partial charge in [0.05, 0.1) is 18.6 Å². The van der Waals surface area contributed by atoms with Crippen LogP contribution in [0.3, 0.4) is 0 Å². The first-order valence-corrected chi connectivity index (χ1v) is 6.44. The van der Waals surface area contributed by atoms with Gasteiger partial charge in [-0.25, -0.2) is 5.06 Å². The summed E-state index contributed by atoms with van der Waals surface area (Å²) in [4.78, 5) is 17.9. The number of nitrogens with one attached hydrogen (secondary N) is 1. The first-order valence-electron chi connectivity index (χ1n) is 6.44. The lowest BCUT2D eigenvalue weighted by Crippen LogP contribution is -2.48. The zero-order valence-corrected chi connectivity index (χ0v) is 10.1. The number of rotatable bonds is 3. The third-order valence-corrected chi connectivity index (χ3v) is 3.72. The molecule has 2 heterocycles. The number of hydrogen-bond acceptors (Lipinski definition) is 3. The summed E-state index contributed by atoms with van der Waals surface area (Å²) in [6, 6.07) is 0. The number of hydroxylamine groups is 2. The van der Waals surface area contributed by atoms with Crippen LogP contribution in [0.4, 0.5) is 0 Å². The molecule has 0 atom stereocenters. The Bertz CT molecular complexity index is 238. The number of hydrogen-bond donors (Lipinski definition) is 1. The molecule has 0 aliphatic carbocycles. The number of amides is 1. The van der Waals surface area contributed by atoms with Crippen molar-refractivity contribution in [3.63, 3.8) is 0 Å². The second-order valence-electron chi connectivity index (χ2n) is 4.87. The molecule has 1 amide bonds. The van der Waals surface area contributed by atoms with Gasteiger partial charge in [0.25, 0.3) is 5.91 Å². The van der Waals surface area contributed by atoms with Crippen molar-refractivity contribution in [2.75, 3.05) is 26.2 Å². The summed E-state index contributed by atoms with van der Waals surface area (Å²) in [5.74, 6) is 0.230. The summed E-state index contributed by atoms with van der Waals surface area (Å²) in [7, 11) is 0. The van der Waals surface area contributed by atoms with Gasteiger partial charge < -0.3 is 5.32 Å². The topological polar surface area (TPSA) is 41.6 Å². The Morgan fingerprint density at radius 2 is 2.19 bits per heavy atom. The zero-order valence-electron chi connectivity index (χ0n) is 10.1. The molecule has 0 saturated carbocycles. The minimum atomic E-state index is -0.148. The molecule has 0 bridgehead atoms. The summed E-state index contributed by atoms with van der Waals surface area (Å²) >= 11 is 0. The van der Waals surface area contributed by atoms with E-state index in [1.54, 1.807) is 5.06 Å². The molecule has 1 N–H and O–H groups in total. The highest BCUT2D eigenvalue weighted by Crippen LogP contribution is 2.36. The number of piperidine rings is 1. The van der Waals surface area contributed by atoms with E-state index in [0.29, 0.717) is 6.61 Å². The quantitative estimate of drug-likeness (QED) is 0.789. The molecule has 2 saturated heterocycles. The average molecular weight is 226 g/mol. The number of carbonyl (C=O) groups is 1. The van der Waals surface area contributed by atoms with E-state index in [1.165, 1.54) is 0 Å². The van der Waals surface area contributed by atoms with Gasteiger partial charge in [-0.05, 0) is 38.8 Å². The van der Waals surface area contributed by atoms with Crippen LogP contribution in [0.25, 0.3) is 0 Å². The van der Waals surface area contributed by atoms with E-state index in [0.717, 1.165) is 51.7 Å². The van der Waals surface area contributed by atoms with E-state index in [-0.39, 0.29) is 11.3 Å². The molecular formula is C12H22N2O2. The van der Waals surface area contributed by atoms with Crippen LogP contribution in [0.1, 0.15) is 39.0 Å². The Morgan fingerprint density at radius 3 is 2.75 bits per heavy atom. The van der Waals surface area contributed by atoms with E-state index in [4.69, 9.17) is 4.84 Å². The molecule has 4 heteroatoms. The minimum Gasteiger partial charge on any atom is -0.317 e. The van der Waals surface area contributed by atoms with Crippen LogP contribution in [0.5, 0.6) is 0 Å². The first kappa shape index (κ1) is 11.9. The van der Waals surface area contributed by atoms with Crippen LogP contribution in [-0.4, -0.2) is 37.2 Å². The van der Waals surface area contributed by atoms with Crippen LogP contribution in [0.2, 0.25) is 0 Å². The largest absolute Gasteiger partial charge is 0.317 e. The SMILES string of the molecule is CCCC1(C(=O)N2CCCO2)CCNCC1. The van der Waals surface area contributed by atoms with Gasteiger partial charge >= 0.3 is 0 Å². The van der Waals surface area contributed by atoms with Gasteiger partial charge in [0.1, 0.15) is 0 Å². The molecule has 0 spiro atoms. The fourth-order valence-corrected chi connectivity index (χ4v) is 2.83. The molecule has 2 fully saturated rings. The van der Waals surface area contributed by atoms with E-state index < -0.39 is 0 Å². The standard InChI is InChI=1S/C12H22N2O2/c1-2-4-12(5-7-13-8-6-12)11(15)14-9-3-10-16-14/h13H,2-10H2,1H3. The highest BCUT2D eigenvalue weighted by atomic mass is 16.7. The fourth-order valence-electron chi connectivity index (χ4n) is 2.83. The van der Waals surface area contributed by atoms with Gasteiger partial charge in [0.2, 0.25) is 0 Å². The zero-order chi connectivity index (χ0) is 11.4. The molecule has 0 aromatic rings. The molecule has 0 radical (unpaired) electrons. The Balaban J connectivity index is 2.07. The molecular weight excluding hydrogens is 204 g/mol. The fraction of sp³-hybridized carbons (Fsp3) is 0.917. The van der Waals surface area contributed by atoms with E-state index in [1.807, 2.05) is 0 Å². The third kappa shape index (κ3) is 2.23. The molecule has 16 heavy (non-hydrogen) atoms. The van der Waals surface area contributed by atoms with Crippen molar-refractivity contribution >= 4 is 5.91 Å². The van der Waals surface area contributed by atoms with Gasteiger partial charge in [-0.3, -0.25) is 9.63 Å². The van der Waals surface area contributed by atoms with Crippen LogP contribution in [-0.2, 0) is 9.63 Å². The van der Waals surface area contributed by atoms with E-state index in [2.05, 4.69) is 12.2 Å². The number of nitrogens with zero attached hydrogens (tertiary/aromatic N) is 1. The summed E-state index contributed by atoms with van der Waals surface area (Å²) < 4.78 is 0. The van der Waals surface area contributed by atoms with E-state index in [9.17, 15) is 4.79 Å². The van der Waals surface area contributed by atoms with Gasteiger partial charge in [-0.2, -0.15) is 0 Å². The van der Waals surface area contributed by atoms with E-state index >= 15 is 0 Å². The molecule has 0 aromatic heterocycles. The Kier molecular flexibility index (Phi) is 3.82. The first-order chi connectivity index (χ1) is 7.78. The molecule has 2 rings (SSSR count). The summed E-state index contributed by atoms with van der Waals surface area (Å²) in [6.07, 6.45) is 4.96. The predicted octanol–water partition coefficient (Wildman–Crippen LogP) is 1.32. The average Bonchev–Trinajstić information content (AvgIpc) is 2.83. The van der Waals surface area contributed by atoms with Crippen molar-refractivity contribution in [2.24, 2.45) is 5.41 Å². The van der Waals surface area contributed by atoms with Gasteiger partial charge in [-0.15, -0.1) is 0 Å². The second-order valence-corrected chi connectivity index (χ2v) is 4.87. The lowest BCUT2D eigenvalue weighted by molar-refractivity contribution is -0.182. The Labute approximate surface area is 97.3 Å². The lowest BCUT2D eigenvalue weighted by atomic mass is 9.74. The predicted molar refractivity (Wildman–Crippen MR) is 61.7 cm³/mol. The molecule has 92 valence electrons. The van der Waals surface area contributed by atoms with Crippen molar-refractivity contribution in [3.05, 3.63) is 0 Å². The van der Waals surface area contributed by atoms with Crippen molar-refractivity contribution in [1.82, 2.24) is 10.4 Å².